The van der Waals surface area contributed by atoms with Gasteiger partial charge in [0.2, 0.25) is 5.96 Å². The lowest BCUT2D eigenvalue weighted by Crippen LogP contribution is -2.56. The van der Waals surface area contributed by atoms with Crippen LogP contribution in [-0.2, 0) is 0 Å². The maximum atomic E-state index is 8.57. The van der Waals surface area contributed by atoms with Crippen LogP contribution in [0.2, 0.25) is 0 Å². The Hall–Kier alpha value is -3.84. The van der Waals surface area contributed by atoms with Crippen LogP contribution in [0.4, 0.5) is 17.1 Å². The van der Waals surface area contributed by atoms with Gasteiger partial charge < -0.3 is 10.7 Å². The number of nitrogens with zero attached hydrogens (tertiary/aromatic N) is 3. The van der Waals surface area contributed by atoms with Crippen molar-refractivity contribution in [2.45, 2.75) is 0 Å². The van der Waals surface area contributed by atoms with Crippen LogP contribution >= 0.6 is 0 Å². The van der Waals surface area contributed by atoms with Gasteiger partial charge in [0.25, 0.3) is 0 Å². The summed E-state index contributed by atoms with van der Waals surface area (Å²) in [5.74, 6) is 0.816. The van der Waals surface area contributed by atoms with E-state index in [1.807, 2.05) is 66.7 Å². The van der Waals surface area contributed by atoms with Crippen LogP contribution in [0.3, 0.4) is 0 Å². The van der Waals surface area contributed by atoms with Crippen LogP contribution in [0, 0.1) is 5.21 Å². The summed E-state index contributed by atoms with van der Waals surface area (Å²) < 4.78 is 0. The minimum Gasteiger partial charge on any atom is -0.626 e. The van der Waals surface area contributed by atoms with Gasteiger partial charge in [-0.3, -0.25) is 15.3 Å². The van der Waals surface area contributed by atoms with Crippen molar-refractivity contribution in [3.8, 4) is 0 Å². The first-order valence-electron chi connectivity index (χ1n) is 8.51. The fourth-order valence-electron chi connectivity index (χ4n) is 2.70. The van der Waals surface area contributed by atoms with Gasteiger partial charge in [-0.2, -0.15) is 0 Å². The molecule has 7 heteroatoms. The molecule has 4 N–H and O–H groups in total. The van der Waals surface area contributed by atoms with E-state index in [0.717, 1.165) is 23.0 Å². The van der Waals surface area contributed by atoms with Crippen LogP contribution in [-0.4, -0.2) is 24.8 Å². The molecule has 7 nitrogen and oxygen atoms in total. The summed E-state index contributed by atoms with van der Waals surface area (Å²) in [4.78, 5) is 6.95. The zero-order valence-corrected chi connectivity index (χ0v) is 15.3. The monoisotopic (exact) mass is 377 g/mol. The number of rotatable bonds is 3. The van der Waals surface area contributed by atoms with Crippen LogP contribution in [0.5, 0.6) is 0 Å². The highest BCUT2D eigenvalue weighted by Crippen LogP contribution is 2.23. The first-order valence-corrected chi connectivity index (χ1v) is 8.51. The molecule has 1 aliphatic heterocycles. The fourth-order valence-corrected chi connectivity index (χ4v) is 2.70. The summed E-state index contributed by atoms with van der Waals surface area (Å²) in [6.45, 7) is 3.37. The summed E-state index contributed by atoms with van der Waals surface area (Å²) in [5.41, 5.74) is 6.56. The van der Waals surface area contributed by atoms with Gasteiger partial charge in [-0.25, -0.2) is 10.1 Å². The lowest BCUT2D eigenvalue weighted by molar-refractivity contribution is -0.361. The maximum Gasteiger partial charge on any atom is 0.224 e. The highest BCUT2D eigenvalue weighted by Gasteiger charge is 2.26. The Morgan fingerprint density at radius 2 is 1.29 bits per heavy atom. The average molecular weight is 377 g/mol. The van der Waals surface area contributed by atoms with Crippen molar-refractivity contribution in [2.75, 3.05) is 16.6 Å². The average Bonchev–Trinajstić information content (AvgIpc) is 3.14. The van der Waals surface area contributed by atoms with Crippen molar-refractivity contribution in [1.29, 1.82) is 0 Å². The van der Waals surface area contributed by atoms with E-state index in [-0.39, 0.29) is 5.48 Å². The standard InChI is InChI=1S/C20H18N4.CH3NO.H2O/c1-4-10-17(11-5-1)21-20-22-24(19-14-8-3-9-15-19)16-23(20)18-12-6-2-7-13-18;1-2-3;/h1-15H,16H2,(H,21,22);2H,1H2;1H2. The Balaban J connectivity index is 0.000000660. The van der Waals surface area contributed by atoms with Crippen molar-refractivity contribution in [3.05, 3.63) is 96.2 Å². The minimum absolute atomic E-state index is 0. The topological polar surface area (TPSA) is 99.4 Å². The molecule has 3 aromatic rings. The fraction of sp³-hybridized carbons (Fsp3) is 0.0476. The Bertz CT molecular complexity index is 873. The molecule has 1 aliphatic rings. The van der Waals surface area contributed by atoms with Crippen molar-refractivity contribution in [2.24, 2.45) is 4.99 Å². The molecule has 28 heavy (non-hydrogen) atoms. The second-order valence-electron chi connectivity index (χ2n) is 5.70. The number of hydrogen-bond acceptors (Lipinski definition) is 3. The Morgan fingerprint density at radius 3 is 1.82 bits per heavy atom. The van der Waals surface area contributed by atoms with Gasteiger partial charge in [0.1, 0.15) is 13.4 Å². The first-order chi connectivity index (χ1) is 13.3. The number of anilines is 2. The van der Waals surface area contributed by atoms with E-state index in [9.17, 15) is 0 Å². The summed E-state index contributed by atoms with van der Waals surface area (Å²) in [6.07, 6.45) is 0. The van der Waals surface area contributed by atoms with Gasteiger partial charge in [0.15, 0.2) is 0 Å². The van der Waals surface area contributed by atoms with Gasteiger partial charge in [-0.05, 0) is 36.4 Å². The number of hydrazine groups is 1. The van der Waals surface area contributed by atoms with E-state index < -0.39 is 0 Å². The highest BCUT2D eigenvalue weighted by molar-refractivity contribution is 6.01. The van der Waals surface area contributed by atoms with E-state index in [1.54, 1.807) is 0 Å². The van der Waals surface area contributed by atoms with E-state index in [4.69, 9.17) is 10.2 Å². The van der Waals surface area contributed by atoms with E-state index in [0.29, 0.717) is 6.67 Å². The van der Waals surface area contributed by atoms with Crippen LogP contribution in [0.25, 0.3) is 0 Å². The third-order valence-electron chi connectivity index (χ3n) is 3.90. The molecule has 0 aromatic heterocycles. The molecule has 0 bridgehead atoms. The molecular weight excluding hydrogens is 354 g/mol. The molecule has 1 fully saturated rings. The normalized spacial score (nSPS) is 13.8. The largest absolute Gasteiger partial charge is 0.626 e. The first kappa shape index (κ1) is 20.5. The molecule has 0 radical (unpaired) electrons. The minimum atomic E-state index is 0. The van der Waals surface area contributed by atoms with Gasteiger partial charge in [-0.1, -0.05) is 54.6 Å². The van der Waals surface area contributed by atoms with Crippen molar-refractivity contribution in [3.63, 3.8) is 0 Å². The zero-order valence-electron chi connectivity index (χ0n) is 15.3. The molecule has 144 valence electrons. The number of para-hydroxylation sites is 3. The highest BCUT2D eigenvalue weighted by atomic mass is 16.4. The lowest BCUT2D eigenvalue weighted by Gasteiger charge is -2.18. The summed E-state index contributed by atoms with van der Waals surface area (Å²) in [7, 11) is 0. The summed E-state index contributed by atoms with van der Waals surface area (Å²) >= 11 is 0. The molecule has 0 aliphatic carbocycles. The third-order valence-corrected chi connectivity index (χ3v) is 3.90. The quantitative estimate of drug-likeness (QED) is 0.411. The van der Waals surface area contributed by atoms with Gasteiger partial charge in [0, 0.05) is 5.69 Å². The molecule has 3 aromatic carbocycles. The molecule has 0 saturated carbocycles. The molecule has 0 spiro atoms. The van der Waals surface area contributed by atoms with Gasteiger partial charge in [0.05, 0.1) is 11.4 Å². The number of aliphatic imine (C=N–C) groups is 1. The van der Waals surface area contributed by atoms with Gasteiger partial charge in [-0.15, -0.1) is 0 Å². The predicted octanol–water partition coefficient (Wildman–Crippen LogP) is 1.60. The summed E-state index contributed by atoms with van der Waals surface area (Å²) in [6, 6.07) is 30.6. The van der Waals surface area contributed by atoms with Crippen LogP contribution in [0.15, 0.2) is 96.0 Å². The van der Waals surface area contributed by atoms with Crippen molar-refractivity contribution in [1.82, 2.24) is 5.43 Å². The second kappa shape index (κ2) is 10.3. The lowest BCUT2D eigenvalue weighted by atomic mass is 10.3. The molecule has 1 heterocycles. The zero-order chi connectivity index (χ0) is 18.9. The van der Waals surface area contributed by atoms with Crippen LogP contribution < -0.4 is 20.5 Å². The maximum absolute atomic E-state index is 8.57. The number of hydrogen-bond donors (Lipinski definition) is 2. The molecule has 0 unspecified atom stereocenters. The van der Waals surface area contributed by atoms with Crippen molar-refractivity contribution >= 4 is 29.7 Å². The van der Waals surface area contributed by atoms with E-state index in [1.165, 1.54) is 5.16 Å². The Labute approximate surface area is 164 Å². The predicted molar refractivity (Wildman–Crippen MR) is 114 cm³/mol. The Kier molecular flexibility index (Phi) is 7.56. The number of benzene rings is 3. The smallest absolute Gasteiger partial charge is 0.224 e. The molecule has 4 rings (SSSR count). The van der Waals surface area contributed by atoms with E-state index in [2.05, 4.69) is 46.3 Å². The number of nitrogens with one attached hydrogen (secondary N) is 2. The second-order valence-corrected chi connectivity index (χ2v) is 5.70. The van der Waals surface area contributed by atoms with Crippen molar-refractivity contribution < 1.29 is 10.6 Å². The van der Waals surface area contributed by atoms with E-state index >= 15 is 0 Å². The molecule has 0 amide bonds. The summed E-state index contributed by atoms with van der Waals surface area (Å²) in [5, 5.41) is 11.9. The number of guanidine groups is 1. The Morgan fingerprint density at radius 1 is 0.821 bits per heavy atom. The van der Waals surface area contributed by atoms with Crippen LogP contribution in [0.1, 0.15) is 0 Å². The molecular formula is C21H23N5O2. The van der Waals surface area contributed by atoms with Gasteiger partial charge >= 0.3 is 0 Å². The molecule has 0 atom stereocenters. The SMILES string of the molecule is C=[NH+][O-].O.c1ccc(/N=C2/NN(c3ccccc3)CN2c2ccccc2)cc1. The third kappa shape index (κ3) is 5.09. The molecule has 1 saturated heterocycles.